The summed E-state index contributed by atoms with van der Waals surface area (Å²) in [4.78, 5) is 11.8. The van der Waals surface area contributed by atoms with Crippen LogP contribution in [0.1, 0.15) is 26.3 Å². The number of rotatable bonds is 4. The smallest absolute Gasteiger partial charge is 0.411 e. The SMILES string of the molecule is CC(C)(C)OC(=O)N/C(=C/c1ccccc1)[C@H](O)CCl. The van der Waals surface area contributed by atoms with Crippen molar-refractivity contribution < 1.29 is 14.6 Å². The zero-order valence-corrected chi connectivity index (χ0v) is 12.6. The van der Waals surface area contributed by atoms with Crippen LogP contribution in [-0.4, -0.2) is 28.8 Å². The maximum atomic E-state index is 11.8. The summed E-state index contributed by atoms with van der Waals surface area (Å²) < 4.78 is 5.16. The molecule has 20 heavy (non-hydrogen) atoms. The van der Waals surface area contributed by atoms with Crippen LogP contribution in [0.25, 0.3) is 6.08 Å². The van der Waals surface area contributed by atoms with Crippen molar-refractivity contribution in [3.8, 4) is 0 Å². The lowest BCUT2D eigenvalue weighted by Crippen LogP contribution is -2.35. The Hall–Kier alpha value is -1.52. The number of benzene rings is 1. The summed E-state index contributed by atoms with van der Waals surface area (Å²) in [5.41, 5.74) is 0.552. The molecule has 2 N–H and O–H groups in total. The van der Waals surface area contributed by atoms with E-state index < -0.39 is 17.8 Å². The number of ether oxygens (including phenoxy) is 1. The fraction of sp³-hybridized carbons (Fsp3) is 0.400. The van der Waals surface area contributed by atoms with E-state index in [9.17, 15) is 9.90 Å². The third-order valence-corrected chi connectivity index (χ3v) is 2.56. The van der Waals surface area contributed by atoms with E-state index in [1.807, 2.05) is 30.3 Å². The molecule has 0 radical (unpaired) electrons. The molecule has 0 aliphatic carbocycles. The normalized spacial score (nSPS) is 13.8. The highest BCUT2D eigenvalue weighted by molar-refractivity contribution is 6.18. The lowest BCUT2D eigenvalue weighted by Gasteiger charge is -2.21. The van der Waals surface area contributed by atoms with Crippen molar-refractivity contribution in [1.29, 1.82) is 0 Å². The average Bonchev–Trinajstić information content (AvgIpc) is 2.36. The molecule has 0 aliphatic heterocycles. The standard InChI is InChI=1S/C15H20ClNO3/c1-15(2,3)20-14(19)17-12(13(18)10-16)9-11-7-5-4-6-8-11/h4-9,13,18H,10H2,1-3H3,(H,17,19)/b12-9+/t13-/m1/s1. The van der Waals surface area contributed by atoms with E-state index in [2.05, 4.69) is 5.32 Å². The van der Waals surface area contributed by atoms with E-state index in [4.69, 9.17) is 16.3 Å². The van der Waals surface area contributed by atoms with Gasteiger partial charge in [0.15, 0.2) is 0 Å². The van der Waals surface area contributed by atoms with Gasteiger partial charge in [0.2, 0.25) is 0 Å². The molecule has 0 heterocycles. The second-order valence-corrected chi connectivity index (χ2v) is 5.62. The van der Waals surface area contributed by atoms with E-state index in [0.717, 1.165) is 5.56 Å². The van der Waals surface area contributed by atoms with Crippen LogP contribution >= 0.6 is 11.6 Å². The number of alkyl halides is 1. The Labute approximate surface area is 124 Å². The molecule has 110 valence electrons. The second kappa shape index (κ2) is 7.31. The van der Waals surface area contributed by atoms with Crippen LogP contribution in [0.5, 0.6) is 0 Å². The van der Waals surface area contributed by atoms with Gasteiger partial charge in [-0.15, -0.1) is 11.6 Å². The molecule has 1 rings (SSSR count). The van der Waals surface area contributed by atoms with Crippen LogP contribution < -0.4 is 5.32 Å². The molecule has 5 heteroatoms. The number of hydrogen-bond acceptors (Lipinski definition) is 3. The van der Waals surface area contributed by atoms with Gasteiger partial charge in [0, 0.05) is 0 Å². The minimum atomic E-state index is -0.968. The molecule has 0 bridgehead atoms. The predicted octanol–water partition coefficient (Wildman–Crippen LogP) is 3.15. The van der Waals surface area contributed by atoms with E-state index in [1.165, 1.54) is 0 Å². The third-order valence-electron chi connectivity index (χ3n) is 2.27. The van der Waals surface area contributed by atoms with Crippen LogP contribution in [0, 0.1) is 0 Å². The summed E-state index contributed by atoms with van der Waals surface area (Å²) in [5.74, 6) is -0.0194. The van der Waals surface area contributed by atoms with Crippen molar-refractivity contribution in [2.45, 2.75) is 32.5 Å². The number of carbonyl (C=O) groups excluding carboxylic acids is 1. The maximum absolute atomic E-state index is 11.8. The Bertz CT molecular complexity index is 466. The minimum absolute atomic E-state index is 0.0194. The largest absolute Gasteiger partial charge is 0.444 e. The van der Waals surface area contributed by atoms with Crippen LogP contribution in [-0.2, 0) is 4.74 Å². The molecular weight excluding hydrogens is 278 g/mol. The quantitative estimate of drug-likeness (QED) is 0.839. The molecular formula is C15H20ClNO3. The maximum Gasteiger partial charge on any atom is 0.411 e. The first-order chi connectivity index (χ1) is 9.31. The third kappa shape index (κ3) is 6.08. The van der Waals surface area contributed by atoms with Gasteiger partial charge in [-0.2, -0.15) is 0 Å². The van der Waals surface area contributed by atoms with Crippen molar-refractivity contribution >= 4 is 23.8 Å². The molecule has 1 aromatic carbocycles. The predicted molar refractivity (Wildman–Crippen MR) is 80.5 cm³/mol. The number of carbonyl (C=O) groups is 1. The molecule has 0 unspecified atom stereocenters. The van der Waals surface area contributed by atoms with Crippen LogP contribution in [0.15, 0.2) is 36.0 Å². The minimum Gasteiger partial charge on any atom is -0.444 e. The lowest BCUT2D eigenvalue weighted by molar-refractivity contribution is 0.0530. The number of halogens is 1. The summed E-state index contributed by atoms with van der Waals surface area (Å²) in [6.07, 6.45) is 0.0741. The van der Waals surface area contributed by atoms with Gasteiger partial charge in [0.25, 0.3) is 0 Å². The highest BCUT2D eigenvalue weighted by Crippen LogP contribution is 2.12. The van der Waals surface area contributed by atoms with Gasteiger partial charge in [-0.25, -0.2) is 4.79 Å². The molecule has 0 saturated carbocycles. The van der Waals surface area contributed by atoms with Crippen LogP contribution in [0.2, 0.25) is 0 Å². The molecule has 0 saturated heterocycles. The van der Waals surface area contributed by atoms with Crippen LogP contribution in [0.4, 0.5) is 4.79 Å². The van der Waals surface area contributed by atoms with Gasteiger partial charge >= 0.3 is 6.09 Å². The number of alkyl carbamates (subject to hydrolysis) is 1. The van der Waals surface area contributed by atoms with Gasteiger partial charge in [0.1, 0.15) is 11.7 Å². The van der Waals surface area contributed by atoms with Gasteiger partial charge < -0.3 is 9.84 Å². The number of amides is 1. The molecule has 1 atom stereocenters. The Morgan fingerprint density at radius 1 is 1.40 bits per heavy atom. The molecule has 4 nitrogen and oxygen atoms in total. The van der Waals surface area contributed by atoms with E-state index in [-0.39, 0.29) is 5.88 Å². The zero-order chi connectivity index (χ0) is 15.2. The second-order valence-electron chi connectivity index (χ2n) is 5.31. The lowest BCUT2D eigenvalue weighted by atomic mass is 10.1. The van der Waals surface area contributed by atoms with Gasteiger partial charge in [-0.3, -0.25) is 5.32 Å². The van der Waals surface area contributed by atoms with E-state index >= 15 is 0 Å². The van der Waals surface area contributed by atoms with Gasteiger partial charge in [-0.05, 0) is 32.4 Å². The Morgan fingerprint density at radius 3 is 2.50 bits per heavy atom. The van der Waals surface area contributed by atoms with Crippen molar-refractivity contribution in [3.05, 3.63) is 41.6 Å². The summed E-state index contributed by atoms with van der Waals surface area (Å²) in [6, 6.07) is 9.33. The number of aliphatic hydroxyl groups excluding tert-OH is 1. The Balaban J connectivity index is 2.86. The summed E-state index contributed by atoms with van der Waals surface area (Å²) >= 11 is 5.65. The van der Waals surface area contributed by atoms with E-state index in [0.29, 0.717) is 5.70 Å². The van der Waals surface area contributed by atoms with Crippen molar-refractivity contribution in [2.24, 2.45) is 0 Å². The first-order valence-electron chi connectivity index (χ1n) is 6.32. The van der Waals surface area contributed by atoms with Crippen molar-refractivity contribution in [1.82, 2.24) is 5.32 Å². The molecule has 0 aliphatic rings. The van der Waals surface area contributed by atoms with Crippen LogP contribution in [0.3, 0.4) is 0 Å². The van der Waals surface area contributed by atoms with Crippen molar-refractivity contribution in [2.75, 3.05) is 5.88 Å². The Morgan fingerprint density at radius 2 is 2.00 bits per heavy atom. The number of hydrogen-bond donors (Lipinski definition) is 2. The first-order valence-corrected chi connectivity index (χ1v) is 6.86. The topological polar surface area (TPSA) is 58.6 Å². The highest BCUT2D eigenvalue weighted by atomic mass is 35.5. The number of aliphatic hydroxyl groups is 1. The fourth-order valence-electron chi connectivity index (χ4n) is 1.45. The van der Waals surface area contributed by atoms with E-state index in [1.54, 1.807) is 26.8 Å². The molecule has 1 amide bonds. The summed E-state index contributed by atoms with van der Waals surface area (Å²) in [7, 11) is 0. The molecule has 0 fully saturated rings. The van der Waals surface area contributed by atoms with Gasteiger partial charge in [0.05, 0.1) is 11.6 Å². The summed E-state index contributed by atoms with van der Waals surface area (Å²) in [5, 5.41) is 12.4. The average molecular weight is 298 g/mol. The Kier molecular flexibility index (Phi) is 6.05. The van der Waals surface area contributed by atoms with Gasteiger partial charge in [-0.1, -0.05) is 30.3 Å². The fourth-order valence-corrected chi connectivity index (χ4v) is 1.62. The monoisotopic (exact) mass is 297 g/mol. The van der Waals surface area contributed by atoms with Crippen molar-refractivity contribution in [3.63, 3.8) is 0 Å². The summed E-state index contributed by atoms with van der Waals surface area (Å²) in [6.45, 7) is 5.31. The molecule has 0 spiro atoms. The molecule has 1 aromatic rings. The first kappa shape index (κ1) is 16.5. The molecule has 0 aromatic heterocycles. The number of nitrogens with one attached hydrogen (secondary N) is 1. The highest BCUT2D eigenvalue weighted by Gasteiger charge is 2.19. The zero-order valence-electron chi connectivity index (χ0n) is 11.9.